The molecule has 0 aromatic heterocycles. The van der Waals surface area contributed by atoms with Crippen molar-refractivity contribution >= 4 is 34.8 Å². The zero-order valence-electron chi connectivity index (χ0n) is 27.0. The molecule has 0 atom stereocenters. The van der Waals surface area contributed by atoms with Crippen LogP contribution in [0.25, 0.3) is 0 Å². The Morgan fingerprint density at radius 3 is 1.00 bits per heavy atom. The van der Waals surface area contributed by atoms with Gasteiger partial charge < -0.3 is 9.47 Å². The molecule has 6 aromatic carbocycles. The van der Waals surface area contributed by atoms with E-state index >= 15 is 26.3 Å². The van der Waals surface area contributed by atoms with Crippen LogP contribution in [0.3, 0.4) is 0 Å². The Kier molecular flexibility index (Phi) is 10.4. The number of halogens is 8. The highest BCUT2D eigenvalue weighted by molar-refractivity contribution is 6.31. The van der Waals surface area contributed by atoms with Crippen molar-refractivity contribution in [3.63, 3.8) is 0 Å². The smallest absolute Gasteiger partial charge is 0.411 e. The molecule has 0 saturated carbocycles. The van der Waals surface area contributed by atoms with Gasteiger partial charge in [0.25, 0.3) is 0 Å². The summed E-state index contributed by atoms with van der Waals surface area (Å²) in [6.45, 7) is 0. The Labute approximate surface area is 309 Å². The minimum atomic E-state index is -5.98. The molecular formula is C41H24Cl2F6O4. The minimum Gasteiger partial charge on any atom is -0.457 e. The van der Waals surface area contributed by atoms with Crippen molar-refractivity contribution in [1.82, 2.24) is 0 Å². The van der Waals surface area contributed by atoms with Gasteiger partial charge in [-0.25, -0.2) is 0 Å². The molecule has 268 valence electrons. The molecule has 0 bridgehead atoms. The van der Waals surface area contributed by atoms with E-state index in [1.165, 1.54) is 109 Å². The number of ether oxygens (including phenoxy) is 2. The fourth-order valence-corrected chi connectivity index (χ4v) is 6.04. The van der Waals surface area contributed by atoms with E-state index in [0.29, 0.717) is 33.3 Å². The second kappa shape index (κ2) is 14.8. The number of carbonyl (C=O) groups is 2. The Morgan fingerprint density at radius 1 is 0.415 bits per heavy atom. The van der Waals surface area contributed by atoms with E-state index in [9.17, 15) is 9.59 Å². The van der Waals surface area contributed by atoms with Crippen LogP contribution in [0.15, 0.2) is 146 Å². The van der Waals surface area contributed by atoms with E-state index in [0.717, 1.165) is 24.3 Å². The van der Waals surface area contributed by atoms with Crippen LogP contribution in [0.2, 0.25) is 10.0 Å². The van der Waals surface area contributed by atoms with Crippen molar-refractivity contribution in [2.75, 3.05) is 0 Å². The number of hydrogen-bond acceptors (Lipinski definition) is 4. The molecule has 0 spiro atoms. The van der Waals surface area contributed by atoms with Crippen LogP contribution < -0.4 is 9.47 Å². The van der Waals surface area contributed by atoms with Gasteiger partial charge in [0.1, 0.15) is 23.0 Å². The highest BCUT2D eigenvalue weighted by atomic mass is 35.5. The standard InChI is InChI=1S/C41H24Cl2F6O4/c42-29-17-9-25(10-18-29)37(50)27-13-21-31(22-14-27)52-35-7-3-1-5-33(35)39(40(44,45)46,41(47,48)49)34-6-2-4-8-36(34)53-32-23-15-28(16-24-32)38(51)26-11-19-30(43)20-12-26/h1-24H. The maximum Gasteiger partial charge on any atom is 0.411 e. The van der Waals surface area contributed by atoms with Crippen molar-refractivity contribution in [2.24, 2.45) is 0 Å². The van der Waals surface area contributed by atoms with Crippen molar-refractivity contribution in [3.05, 3.63) is 189 Å². The summed E-state index contributed by atoms with van der Waals surface area (Å²) in [4.78, 5) is 25.8. The first-order chi connectivity index (χ1) is 25.2. The van der Waals surface area contributed by atoms with Gasteiger partial charge in [0.2, 0.25) is 5.41 Å². The first-order valence-electron chi connectivity index (χ1n) is 15.7. The van der Waals surface area contributed by atoms with Crippen molar-refractivity contribution < 1.29 is 45.4 Å². The monoisotopic (exact) mass is 764 g/mol. The predicted molar refractivity (Wildman–Crippen MR) is 189 cm³/mol. The first kappa shape index (κ1) is 37.2. The average molecular weight is 766 g/mol. The Morgan fingerprint density at radius 2 is 0.698 bits per heavy atom. The summed E-state index contributed by atoms with van der Waals surface area (Å²) in [5.41, 5.74) is -6.12. The third kappa shape index (κ3) is 7.51. The predicted octanol–water partition coefficient (Wildman–Crippen LogP) is 12.5. The van der Waals surface area contributed by atoms with Gasteiger partial charge in [-0.1, -0.05) is 59.6 Å². The van der Waals surface area contributed by atoms with Gasteiger partial charge in [-0.3, -0.25) is 9.59 Å². The summed E-state index contributed by atoms with van der Waals surface area (Å²) in [5, 5.41) is 0.842. The number of para-hydroxylation sites is 2. The molecule has 0 aliphatic heterocycles. The fourth-order valence-electron chi connectivity index (χ4n) is 5.79. The average Bonchev–Trinajstić information content (AvgIpc) is 3.13. The quantitative estimate of drug-likeness (QED) is 0.103. The lowest BCUT2D eigenvalue weighted by Gasteiger charge is -2.39. The highest BCUT2D eigenvalue weighted by Gasteiger charge is 2.74. The van der Waals surface area contributed by atoms with Gasteiger partial charge in [-0.05, 0) is 109 Å². The fraction of sp³-hybridized carbons (Fsp3) is 0.0732. The second-order valence-corrected chi connectivity index (χ2v) is 12.5. The number of rotatable bonds is 10. The second-order valence-electron chi connectivity index (χ2n) is 11.7. The Balaban J connectivity index is 1.37. The van der Waals surface area contributed by atoms with E-state index in [-0.39, 0.29) is 34.2 Å². The van der Waals surface area contributed by atoms with Crippen LogP contribution in [0, 0.1) is 0 Å². The van der Waals surface area contributed by atoms with Crippen LogP contribution in [0.4, 0.5) is 26.3 Å². The molecule has 0 amide bonds. The largest absolute Gasteiger partial charge is 0.457 e. The molecule has 0 saturated heterocycles. The normalized spacial score (nSPS) is 11.9. The van der Waals surface area contributed by atoms with E-state index < -0.39 is 40.4 Å². The Hall–Kier alpha value is -5.58. The van der Waals surface area contributed by atoms with Gasteiger partial charge in [0.15, 0.2) is 11.6 Å². The zero-order chi connectivity index (χ0) is 38.0. The van der Waals surface area contributed by atoms with Crippen LogP contribution in [0.5, 0.6) is 23.0 Å². The molecule has 6 aromatic rings. The van der Waals surface area contributed by atoms with Crippen LogP contribution in [0.1, 0.15) is 43.0 Å². The number of benzene rings is 6. The van der Waals surface area contributed by atoms with Crippen molar-refractivity contribution in [1.29, 1.82) is 0 Å². The molecule has 0 radical (unpaired) electrons. The van der Waals surface area contributed by atoms with Crippen LogP contribution in [-0.4, -0.2) is 23.9 Å². The summed E-state index contributed by atoms with van der Waals surface area (Å²) in [5.74, 6) is -2.50. The number of ketones is 2. The van der Waals surface area contributed by atoms with Gasteiger partial charge in [0, 0.05) is 43.4 Å². The molecular weight excluding hydrogens is 741 g/mol. The maximum absolute atomic E-state index is 15.4. The first-order valence-corrected chi connectivity index (χ1v) is 16.4. The van der Waals surface area contributed by atoms with Gasteiger partial charge in [0.05, 0.1) is 0 Å². The SMILES string of the molecule is O=C(c1ccc(Cl)cc1)c1ccc(Oc2ccccc2C(c2ccccc2Oc2ccc(C(=O)c3ccc(Cl)cc3)cc2)(C(F)(F)F)C(F)(F)F)cc1. The maximum atomic E-state index is 15.4. The molecule has 12 heteroatoms. The molecule has 53 heavy (non-hydrogen) atoms. The molecule has 0 heterocycles. The topological polar surface area (TPSA) is 52.6 Å². The summed E-state index contributed by atoms with van der Waals surface area (Å²) in [6.07, 6.45) is -12.0. The van der Waals surface area contributed by atoms with E-state index in [4.69, 9.17) is 32.7 Å². The minimum absolute atomic E-state index is 0.124. The summed E-state index contributed by atoms with van der Waals surface area (Å²) in [7, 11) is 0. The van der Waals surface area contributed by atoms with E-state index in [2.05, 4.69) is 0 Å². The zero-order valence-corrected chi connectivity index (χ0v) is 28.5. The number of carbonyl (C=O) groups excluding carboxylic acids is 2. The number of alkyl halides is 6. The summed E-state index contributed by atoms with van der Waals surface area (Å²) in [6, 6.07) is 30.5. The summed E-state index contributed by atoms with van der Waals surface area (Å²) < 4.78 is 104. The molecule has 0 N–H and O–H groups in total. The third-order valence-corrected chi connectivity index (χ3v) is 8.84. The lowest BCUT2D eigenvalue weighted by Crippen LogP contribution is -2.55. The molecule has 6 rings (SSSR count). The van der Waals surface area contributed by atoms with E-state index in [1.54, 1.807) is 0 Å². The van der Waals surface area contributed by atoms with Gasteiger partial charge in [-0.2, -0.15) is 26.3 Å². The Bertz CT molecular complexity index is 2090. The van der Waals surface area contributed by atoms with Crippen LogP contribution >= 0.6 is 23.2 Å². The lowest BCUT2D eigenvalue weighted by molar-refractivity contribution is -0.289. The van der Waals surface area contributed by atoms with Gasteiger partial charge in [-0.15, -0.1) is 0 Å². The molecule has 4 nitrogen and oxygen atoms in total. The highest BCUT2D eigenvalue weighted by Crippen LogP contribution is 2.60. The number of hydrogen-bond donors (Lipinski definition) is 0. The van der Waals surface area contributed by atoms with Crippen molar-refractivity contribution in [2.45, 2.75) is 17.8 Å². The third-order valence-electron chi connectivity index (χ3n) is 8.33. The lowest BCUT2D eigenvalue weighted by atomic mass is 9.72. The summed E-state index contributed by atoms with van der Waals surface area (Å²) >= 11 is 11.8. The molecule has 0 fully saturated rings. The molecule has 0 unspecified atom stereocenters. The molecule has 0 aliphatic rings. The van der Waals surface area contributed by atoms with Crippen LogP contribution in [-0.2, 0) is 5.41 Å². The molecule has 0 aliphatic carbocycles. The van der Waals surface area contributed by atoms with E-state index in [1.807, 2.05) is 0 Å². The van der Waals surface area contributed by atoms with Crippen molar-refractivity contribution in [3.8, 4) is 23.0 Å². The van der Waals surface area contributed by atoms with Gasteiger partial charge >= 0.3 is 12.4 Å².